The molecular formula is C10H17N3O4S. The first-order valence-corrected chi connectivity index (χ1v) is 6.89. The van der Waals surface area contributed by atoms with Crippen molar-refractivity contribution in [2.45, 2.75) is 11.3 Å². The number of hydrogen-bond donors (Lipinski definition) is 3. The Morgan fingerprint density at radius 2 is 2.17 bits per heavy atom. The highest BCUT2D eigenvalue weighted by Crippen LogP contribution is 2.13. The number of aliphatic hydroxyl groups is 1. The second kappa shape index (κ2) is 5.98. The van der Waals surface area contributed by atoms with Gasteiger partial charge in [0.15, 0.2) is 0 Å². The molecule has 1 heterocycles. The lowest BCUT2D eigenvalue weighted by Crippen LogP contribution is -2.25. The lowest BCUT2D eigenvalue weighted by Gasteiger charge is -2.02. The summed E-state index contributed by atoms with van der Waals surface area (Å²) in [4.78, 5) is 11.5. The fourth-order valence-electron chi connectivity index (χ4n) is 1.40. The van der Waals surface area contributed by atoms with Crippen molar-refractivity contribution in [2.75, 3.05) is 20.2 Å². The van der Waals surface area contributed by atoms with E-state index in [1.54, 1.807) is 7.05 Å². The average Bonchev–Trinajstić information content (AvgIpc) is 2.71. The fraction of sp³-hybridized carbons (Fsp3) is 0.500. The van der Waals surface area contributed by atoms with E-state index in [1.807, 2.05) is 0 Å². The maximum Gasteiger partial charge on any atom is 0.267 e. The van der Waals surface area contributed by atoms with Crippen LogP contribution < -0.4 is 10.0 Å². The molecule has 7 nitrogen and oxygen atoms in total. The molecule has 1 aromatic heterocycles. The van der Waals surface area contributed by atoms with E-state index in [2.05, 4.69) is 10.0 Å². The second-order valence-electron chi connectivity index (χ2n) is 3.73. The number of sulfonamides is 1. The van der Waals surface area contributed by atoms with E-state index in [-0.39, 0.29) is 29.6 Å². The van der Waals surface area contributed by atoms with Crippen LogP contribution in [0, 0.1) is 0 Å². The third kappa shape index (κ3) is 3.31. The predicted octanol–water partition coefficient (Wildman–Crippen LogP) is -0.955. The zero-order chi connectivity index (χ0) is 13.8. The molecule has 102 valence electrons. The Bertz CT molecular complexity index is 521. The molecule has 8 heteroatoms. The molecule has 0 saturated heterocycles. The molecule has 0 fully saturated rings. The molecule has 1 aromatic rings. The Morgan fingerprint density at radius 3 is 2.72 bits per heavy atom. The minimum Gasteiger partial charge on any atom is -0.396 e. The topological polar surface area (TPSA) is 100 Å². The van der Waals surface area contributed by atoms with Gasteiger partial charge in [0.1, 0.15) is 10.6 Å². The molecule has 1 amide bonds. The number of amides is 1. The molecule has 18 heavy (non-hydrogen) atoms. The number of aromatic nitrogens is 1. The summed E-state index contributed by atoms with van der Waals surface area (Å²) in [5, 5.41) is 11.0. The highest BCUT2D eigenvalue weighted by molar-refractivity contribution is 7.89. The summed E-state index contributed by atoms with van der Waals surface area (Å²) in [6, 6.07) is 1.31. The van der Waals surface area contributed by atoms with E-state index in [4.69, 9.17) is 5.11 Å². The lowest BCUT2D eigenvalue weighted by molar-refractivity contribution is 0.0955. The fourth-order valence-corrected chi connectivity index (χ4v) is 2.55. The van der Waals surface area contributed by atoms with Crippen LogP contribution in [-0.2, 0) is 17.1 Å². The van der Waals surface area contributed by atoms with Gasteiger partial charge in [-0.1, -0.05) is 0 Å². The van der Waals surface area contributed by atoms with Gasteiger partial charge >= 0.3 is 0 Å². The number of carbonyl (C=O) groups excluding carboxylic acids is 1. The standard InChI is InChI=1S/C10H17N3O4S/c1-11-10(15)9-6-8(7-13(9)2)18(16,17)12-4-3-5-14/h6-7,12,14H,3-5H2,1-2H3,(H,11,15). The van der Waals surface area contributed by atoms with E-state index in [1.165, 1.54) is 23.9 Å². The van der Waals surface area contributed by atoms with Gasteiger partial charge in [0.25, 0.3) is 5.91 Å². The summed E-state index contributed by atoms with van der Waals surface area (Å²) in [6.45, 7) is 0.0732. The Hall–Kier alpha value is -1.38. The number of nitrogens with zero attached hydrogens (tertiary/aromatic N) is 1. The molecule has 0 unspecified atom stereocenters. The van der Waals surface area contributed by atoms with Crippen molar-refractivity contribution in [3.63, 3.8) is 0 Å². The maximum atomic E-state index is 11.8. The highest BCUT2D eigenvalue weighted by atomic mass is 32.2. The van der Waals surface area contributed by atoms with Gasteiger partial charge < -0.3 is 15.0 Å². The molecule has 1 rings (SSSR count). The molecule has 0 aliphatic carbocycles. The van der Waals surface area contributed by atoms with Crippen LogP contribution >= 0.6 is 0 Å². The van der Waals surface area contributed by atoms with Crippen LogP contribution in [0.2, 0.25) is 0 Å². The molecule has 0 radical (unpaired) electrons. The molecule has 0 aromatic carbocycles. The van der Waals surface area contributed by atoms with Crippen molar-refractivity contribution < 1.29 is 18.3 Å². The largest absolute Gasteiger partial charge is 0.396 e. The van der Waals surface area contributed by atoms with Crippen molar-refractivity contribution in [1.29, 1.82) is 0 Å². The Morgan fingerprint density at radius 1 is 1.50 bits per heavy atom. The maximum absolute atomic E-state index is 11.8. The van der Waals surface area contributed by atoms with Crippen LogP contribution in [-0.4, -0.2) is 44.2 Å². The zero-order valence-electron chi connectivity index (χ0n) is 10.3. The van der Waals surface area contributed by atoms with Crippen molar-refractivity contribution in [2.24, 2.45) is 7.05 Å². The molecule has 3 N–H and O–H groups in total. The molecule has 0 spiro atoms. The number of rotatable bonds is 6. The zero-order valence-corrected chi connectivity index (χ0v) is 11.1. The summed E-state index contributed by atoms with van der Waals surface area (Å²) in [5.74, 6) is -0.352. The SMILES string of the molecule is CNC(=O)c1cc(S(=O)(=O)NCCCO)cn1C. The third-order valence-electron chi connectivity index (χ3n) is 2.38. The second-order valence-corrected chi connectivity index (χ2v) is 5.49. The van der Waals surface area contributed by atoms with E-state index in [9.17, 15) is 13.2 Å². The summed E-state index contributed by atoms with van der Waals surface area (Å²) in [5.41, 5.74) is 0.264. The average molecular weight is 275 g/mol. The van der Waals surface area contributed by atoms with Crippen molar-refractivity contribution in [3.05, 3.63) is 18.0 Å². The van der Waals surface area contributed by atoms with Crippen LogP contribution in [0.25, 0.3) is 0 Å². The van der Waals surface area contributed by atoms with E-state index >= 15 is 0 Å². The summed E-state index contributed by atoms with van der Waals surface area (Å²) in [7, 11) is -0.568. The van der Waals surface area contributed by atoms with Gasteiger partial charge in [-0.2, -0.15) is 0 Å². The Balaban J connectivity index is 2.93. The van der Waals surface area contributed by atoms with Gasteiger partial charge in [0.05, 0.1) is 0 Å². The lowest BCUT2D eigenvalue weighted by atomic mass is 10.4. The van der Waals surface area contributed by atoms with E-state index < -0.39 is 10.0 Å². The van der Waals surface area contributed by atoms with Crippen LogP contribution in [0.15, 0.2) is 17.2 Å². The monoisotopic (exact) mass is 275 g/mol. The van der Waals surface area contributed by atoms with Crippen molar-refractivity contribution >= 4 is 15.9 Å². The predicted molar refractivity (Wildman–Crippen MR) is 65.7 cm³/mol. The van der Waals surface area contributed by atoms with E-state index in [0.717, 1.165) is 0 Å². The molecular weight excluding hydrogens is 258 g/mol. The third-order valence-corrected chi connectivity index (χ3v) is 3.80. The quantitative estimate of drug-likeness (QED) is 0.582. The summed E-state index contributed by atoms with van der Waals surface area (Å²) >= 11 is 0. The first-order chi connectivity index (χ1) is 8.42. The molecule has 0 saturated carbocycles. The Labute approximate surface area is 106 Å². The van der Waals surface area contributed by atoms with E-state index in [0.29, 0.717) is 6.42 Å². The van der Waals surface area contributed by atoms with Gasteiger partial charge in [0, 0.05) is 33.4 Å². The normalized spacial score (nSPS) is 11.5. The van der Waals surface area contributed by atoms with Gasteiger partial charge in [0.2, 0.25) is 10.0 Å². The smallest absolute Gasteiger partial charge is 0.267 e. The first-order valence-electron chi connectivity index (χ1n) is 5.41. The van der Waals surface area contributed by atoms with Crippen LogP contribution in [0.4, 0.5) is 0 Å². The van der Waals surface area contributed by atoms with Crippen molar-refractivity contribution in [1.82, 2.24) is 14.6 Å². The van der Waals surface area contributed by atoms with Crippen LogP contribution in [0.5, 0.6) is 0 Å². The number of aliphatic hydroxyl groups excluding tert-OH is 1. The molecule has 0 bridgehead atoms. The molecule has 0 atom stereocenters. The minimum absolute atomic E-state index is 0.0292. The number of hydrogen-bond acceptors (Lipinski definition) is 4. The number of aryl methyl sites for hydroxylation is 1. The summed E-state index contributed by atoms with van der Waals surface area (Å²) in [6.07, 6.45) is 1.71. The summed E-state index contributed by atoms with van der Waals surface area (Å²) < 4.78 is 27.5. The minimum atomic E-state index is -3.64. The van der Waals surface area contributed by atoms with Gasteiger partial charge in [-0.25, -0.2) is 13.1 Å². The first kappa shape index (κ1) is 14.7. The van der Waals surface area contributed by atoms with Crippen LogP contribution in [0.1, 0.15) is 16.9 Å². The van der Waals surface area contributed by atoms with Crippen molar-refractivity contribution in [3.8, 4) is 0 Å². The Kier molecular flexibility index (Phi) is 4.88. The van der Waals surface area contributed by atoms with Gasteiger partial charge in [-0.3, -0.25) is 4.79 Å². The van der Waals surface area contributed by atoms with Gasteiger partial charge in [-0.05, 0) is 12.5 Å². The molecule has 0 aliphatic rings. The van der Waals surface area contributed by atoms with Crippen LogP contribution in [0.3, 0.4) is 0 Å². The highest BCUT2D eigenvalue weighted by Gasteiger charge is 2.19. The van der Waals surface area contributed by atoms with Gasteiger partial charge in [-0.15, -0.1) is 0 Å². The molecule has 0 aliphatic heterocycles. The number of nitrogens with one attached hydrogen (secondary N) is 2. The number of carbonyl (C=O) groups is 1.